The predicted molar refractivity (Wildman–Crippen MR) is 161 cm³/mol. The molecule has 0 aliphatic rings. The van der Waals surface area contributed by atoms with Gasteiger partial charge in [0.25, 0.3) is 10.0 Å². The van der Waals surface area contributed by atoms with Gasteiger partial charge in [-0.2, -0.15) is 0 Å². The first-order chi connectivity index (χ1) is 19.1. The summed E-state index contributed by atoms with van der Waals surface area (Å²) in [5.41, 5.74) is 0.887. The summed E-state index contributed by atoms with van der Waals surface area (Å²) in [6.07, 6.45) is 1.71. The van der Waals surface area contributed by atoms with E-state index in [1.165, 1.54) is 30.2 Å². The fourth-order valence-electron chi connectivity index (χ4n) is 4.00. The van der Waals surface area contributed by atoms with Gasteiger partial charge in [0.15, 0.2) is 0 Å². The zero-order valence-electron chi connectivity index (χ0n) is 22.6. The molecular weight excluding hydrogens is 618 g/mol. The number of nitrogens with one attached hydrogen (secondary N) is 1. The second-order valence-electron chi connectivity index (χ2n) is 9.11. The normalized spacial score (nSPS) is 11.9. The monoisotopic (exact) mass is 649 g/mol. The van der Waals surface area contributed by atoms with Crippen molar-refractivity contribution in [2.45, 2.75) is 44.2 Å². The third kappa shape index (κ3) is 7.99. The highest BCUT2D eigenvalue weighted by molar-refractivity contribution is 9.10. The van der Waals surface area contributed by atoms with Crippen LogP contribution < -0.4 is 14.4 Å². The molecule has 3 aromatic rings. The number of hydrogen-bond donors (Lipinski definition) is 1. The van der Waals surface area contributed by atoms with Crippen LogP contribution in [0.4, 0.5) is 5.69 Å². The van der Waals surface area contributed by atoms with Crippen molar-refractivity contribution in [2.24, 2.45) is 0 Å². The van der Waals surface area contributed by atoms with Crippen molar-refractivity contribution in [3.05, 3.63) is 87.9 Å². The molecule has 0 bridgehead atoms. The lowest BCUT2D eigenvalue weighted by molar-refractivity contribution is -0.139. The topological polar surface area (TPSA) is 96.0 Å². The van der Waals surface area contributed by atoms with E-state index in [9.17, 15) is 18.0 Å². The Morgan fingerprint density at radius 1 is 1.05 bits per heavy atom. The molecule has 1 N–H and O–H groups in total. The maximum absolute atomic E-state index is 14.0. The van der Waals surface area contributed by atoms with E-state index >= 15 is 0 Å². The molecule has 3 rings (SSSR count). The van der Waals surface area contributed by atoms with E-state index < -0.39 is 28.5 Å². The second kappa shape index (κ2) is 14.5. The summed E-state index contributed by atoms with van der Waals surface area (Å²) < 4.78 is 35.1. The Kier molecular flexibility index (Phi) is 11.4. The number of unbranched alkanes of at least 4 members (excludes halogenated alkanes) is 1. The number of carbonyl (C=O) groups excluding carboxylic acids is 2. The number of benzene rings is 3. The molecule has 11 heteroatoms. The molecule has 40 heavy (non-hydrogen) atoms. The van der Waals surface area contributed by atoms with Crippen molar-refractivity contribution < 1.29 is 22.7 Å². The minimum atomic E-state index is -4.23. The van der Waals surface area contributed by atoms with Gasteiger partial charge in [-0.3, -0.25) is 13.9 Å². The van der Waals surface area contributed by atoms with Crippen LogP contribution in [-0.2, 0) is 26.2 Å². The molecule has 8 nitrogen and oxygen atoms in total. The van der Waals surface area contributed by atoms with Gasteiger partial charge >= 0.3 is 0 Å². The van der Waals surface area contributed by atoms with Gasteiger partial charge in [0, 0.05) is 22.6 Å². The van der Waals surface area contributed by atoms with E-state index in [0.29, 0.717) is 6.54 Å². The smallest absolute Gasteiger partial charge is 0.264 e. The van der Waals surface area contributed by atoms with Gasteiger partial charge in [0.2, 0.25) is 11.8 Å². The Morgan fingerprint density at radius 2 is 1.73 bits per heavy atom. The first-order valence-electron chi connectivity index (χ1n) is 12.8. The highest BCUT2D eigenvalue weighted by Crippen LogP contribution is 2.35. The molecule has 0 fully saturated rings. The van der Waals surface area contributed by atoms with Gasteiger partial charge in [-0.1, -0.05) is 71.2 Å². The summed E-state index contributed by atoms with van der Waals surface area (Å²) in [4.78, 5) is 28.4. The molecule has 0 aromatic heterocycles. The molecule has 2 amide bonds. The number of anilines is 1. The van der Waals surface area contributed by atoms with Crippen LogP contribution >= 0.6 is 27.5 Å². The van der Waals surface area contributed by atoms with Crippen molar-refractivity contribution >= 4 is 55.1 Å². The van der Waals surface area contributed by atoms with Gasteiger partial charge in [-0.05, 0) is 61.4 Å². The number of nitrogens with zero attached hydrogens (tertiary/aromatic N) is 2. The van der Waals surface area contributed by atoms with Crippen LogP contribution in [0, 0.1) is 0 Å². The lowest BCUT2D eigenvalue weighted by Gasteiger charge is -2.32. The molecule has 0 aliphatic carbocycles. The first-order valence-corrected chi connectivity index (χ1v) is 15.4. The summed E-state index contributed by atoms with van der Waals surface area (Å²) in [5.74, 6) is -0.666. The number of hydrogen-bond acceptors (Lipinski definition) is 5. The van der Waals surface area contributed by atoms with Crippen molar-refractivity contribution in [3.8, 4) is 5.75 Å². The fraction of sp³-hybridized carbons (Fsp3) is 0.310. The van der Waals surface area contributed by atoms with Gasteiger partial charge in [-0.25, -0.2) is 8.42 Å². The summed E-state index contributed by atoms with van der Waals surface area (Å²) in [7, 11) is -2.83. The SMILES string of the molecule is CCCCNC(=O)[C@@H](C)N(Cc1ccc(Br)cc1)C(=O)CN(c1cc(Cl)ccc1OC)S(=O)(=O)c1ccccc1. The summed E-state index contributed by atoms with van der Waals surface area (Å²) >= 11 is 9.67. The molecule has 0 spiro atoms. The van der Waals surface area contributed by atoms with Crippen molar-refractivity contribution in [3.63, 3.8) is 0 Å². The number of carbonyl (C=O) groups is 2. The summed E-state index contributed by atoms with van der Waals surface area (Å²) in [5, 5.41) is 3.14. The van der Waals surface area contributed by atoms with Crippen LogP contribution in [0.15, 0.2) is 82.2 Å². The van der Waals surface area contributed by atoms with Crippen LogP contribution in [0.5, 0.6) is 5.75 Å². The van der Waals surface area contributed by atoms with Gasteiger partial charge in [0.05, 0.1) is 17.7 Å². The Balaban J connectivity index is 2.05. The minimum Gasteiger partial charge on any atom is -0.495 e. The number of methoxy groups -OCH3 is 1. The highest BCUT2D eigenvalue weighted by atomic mass is 79.9. The van der Waals surface area contributed by atoms with Crippen LogP contribution in [0.3, 0.4) is 0 Å². The zero-order chi connectivity index (χ0) is 29.3. The lowest BCUT2D eigenvalue weighted by atomic mass is 10.1. The van der Waals surface area contributed by atoms with Crippen LogP contribution in [0.2, 0.25) is 5.02 Å². The molecule has 214 valence electrons. The maximum Gasteiger partial charge on any atom is 0.264 e. The molecule has 0 saturated heterocycles. The molecule has 0 radical (unpaired) electrons. The molecule has 3 aromatic carbocycles. The van der Waals surface area contributed by atoms with E-state index in [4.69, 9.17) is 16.3 Å². The Bertz CT molecular complexity index is 1400. The summed E-state index contributed by atoms with van der Waals surface area (Å²) in [6.45, 7) is 3.64. The molecule has 0 saturated carbocycles. The van der Waals surface area contributed by atoms with Gasteiger partial charge in [-0.15, -0.1) is 0 Å². The second-order valence-corrected chi connectivity index (χ2v) is 12.3. The van der Waals surface area contributed by atoms with Gasteiger partial charge < -0.3 is 15.0 Å². The highest BCUT2D eigenvalue weighted by Gasteiger charge is 2.33. The first kappa shape index (κ1) is 31.4. The van der Waals surface area contributed by atoms with Gasteiger partial charge in [0.1, 0.15) is 18.3 Å². The zero-order valence-corrected chi connectivity index (χ0v) is 25.8. The Hall–Kier alpha value is -3.08. The largest absolute Gasteiger partial charge is 0.495 e. The van der Waals surface area contributed by atoms with Crippen LogP contribution in [0.1, 0.15) is 32.3 Å². The Labute approximate surface area is 249 Å². The third-order valence-corrected chi connectivity index (χ3v) is 8.82. The van der Waals surface area contributed by atoms with E-state index in [-0.39, 0.29) is 33.8 Å². The number of amides is 2. The molecule has 0 aliphatic heterocycles. The fourth-order valence-corrected chi connectivity index (χ4v) is 5.86. The van der Waals surface area contributed by atoms with Crippen molar-refractivity contribution in [1.29, 1.82) is 0 Å². The standard InChI is InChI=1S/C29H33BrClN3O5S/c1-4-5-17-32-29(36)21(2)33(19-22-11-13-23(30)14-12-22)28(35)20-34(26-18-24(31)15-16-27(26)39-3)40(37,38)25-9-7-6-8-10-25/h6-16,18,21H,4-5,17,19-20H2,1-3H3,(H,32,36)/t21-/m1/s1. The lowest BCUT2D eigenvalue weighted by Crippen LogP contribution is -2.51. The summed E-state index contributed by atoms with van der Waals surface area (Å²) in [6, 6.07) is 18.8. The quantitative estimate of drug-likeness (QED) is 0.242. The molecule has 1 atom stereocenters. The minimum absolute atomic E-state index is 0.00496. The molecule has 0 heterocycles. The number of ether oxygens (including phenoxy) is 1. The Morgan fingerprint density at radius 3 is 2.35 bits per heavy atom. The molecular formula is C29H33BrClN3O5S. The van der Waals surface area contributed by atoms with Crippen molar-refractivity contribution in [2.75, 3.05) is 24.5 Å². The number of halogens is 2. The van der Waals surface area contributed by atoms with Crippen molar-refractivity contribution in [1.82, 2.24) is 10.2 Å². The van der Waals surface area contributed by atoms with E-state index in [0.717, 1.165) is 27.2 Å². The average Bonchev–Trinajstić information content (AvgIpc) is 2.95. The number of rotatable bonds is 13. The molecule has 0 unspecified atom stereocenters. The third-order valence-electron chi connectivity index (χ3n) is 6.28. The van der Waals surface area contributed by atoms with Crippen LogP contribution in [0.25, 0.3) is 0 Å². The van der Waals surface area contributed by atoms with E-state index in [1.54, 1.807) is 37.3 Å². The van der Waals surface area contributed by atoms with Crippen LogP contribution in [-0.4, -0.2) is 51.4 Å². The maximum atomic E-state index is 14.0. The number of sulfonamides is 1. The van der Waals surface area contributed by atoms with E-state index in [1.807, 2.05) is 31.2 Å². The van der Waals surface area contributed by atoms with E-state index in [2.05, 4.69) is 21.2 Å². The predicted octanol–water partition coefficient (Wildman–Crippen LogP) is 5.64. The average molecular weight is 651 g/mol.